The van der Waals surface area contributed by atoms with Gasteiger partial charge in [0.15, 0.2) is 6.10 Å². The lowest BCUT2D eigenvalue weighted by atomic mass is 10.2. The number of carbonyl (C=O) groups excluding carboxylic acids is 2. The molecule has 0 aliphatic heterocycles. The highest BCUT2D eigenvalue weighted by atomic mass is 32.2. The standard InChI is InChI=1S/C19H18FNO3S/c1-14(19(23)21-13-15-7-9-16(20)10-8-15)24-18(22)11-12-25-17-5-3-2-4-6-17/h2-12,14H,13H2,1H3,(H,21,23)/b12-11+/t14-/m0/s1. The van der Waals surface area contributed by atoms with Crippen LogP contribution in [0.25, 0.3) is 0 Å². The van der Waals surface area contributed by atoms with E-state index in [4.69, 9.17) is 4.74 Å². The van der Waals surface area contributed by atoms with Gasteiger partial charge in [0.1, 0.15) is 5.82 Å². The molecule has 0 aromatic heterocycles. The van der Waals surface area contributed by atoms with Crippen LogP contribution < -0.4 is 5.32 Å². The number of ether oxygens (including phenoxy) is 1. The molecule has 0 radical (unpaired) electrons. The number of nitrogens with one attached hydrogen (secondary N) is 1. The molecule has 0 saturated carbocycles. The van der Waals surface area contributed by atoms with E-state index in [9.17, 15) is 14.0 Å². The maximum atomic E-state index is 12.8. The summed E-state index contributed by atoms with van der Waals surface area (Å²) in [7, 11) is 0. The smallest absolute Gasteiger partial charge is 0.332 e. The van der Waals surface area contributed by atoms with E-state index in [1.807, 2.05) is 30.3 Å². The molecule has 1 atom stereocenters. The van der Waals surface area contributed by atoms with Gasteiger partial charge >= 0.3 is 5.97 Å². The summed E-state index contributed by atoms with van der Waals surface area (Å²) in [4.78, 5) is 24.6. The number of rotatable bonds is 7. The summed E-state index contributed by atoms with van der Waals surface area (Å²) in [5, 5.41) is 4.25. The fraction of sp³-hybridized carbons (Fsp3) is 0.158. The van der Waals surface area contributed by atoms with Crippen LogP contribution >= 0.6 is 11.8 Å². The second-order valence-electron chi connectivity index (χ2n) is 5.16. The second-order valence-corrected chi connectivity index (χ2v) is 6.14. The van der Waals surface area contributed by atoms with E-state index in [0.29, 0.717) is 0 Å². The summed E-state index contributed by atoms with van der Waals surface area (Å²) in [6, 6.07) is 15.4. The summed E-state index contributed by atoms with van der Waals surface area (Å²) in [6.45, 7) is 1.73. The molecule has 4 nitrogen and oxygen atoms in total. The van der Waals surface area contributed by atoms with Crippen molar-refractivity contribution in [2.45, 2.75) is 24.5 Å². The summed E-state index contributed by atoms with van der Waals surface area (Å²) in [6.07, 6.45) is 0.362. The van der Waals surface area contributed by atoms with Crippen molar-refractivity contribution in [2.75, 3.05) is 0 Å². The lowest BCUT2D eigenvalue weighted by molar-refractivity contribution is -0.150. The molecule has 1 amide bonds. The Labute approximate surface area is 150 Å². The van der Waals surface area contributed by atoms with Crippen LogP contribution in [0.15, 0.2) is 71.0 Å². The molecule has 0 saturated heterocycles. The molecule has 6 heteroatoms. The van der Waals surface area contributed by atoms with Crippen LogP contribution in [-0.2, 0) is 20.9 Å². The minimum absolute atomic E-state index is 0.237. The van der Waals surface area contributed by atoms with Crippen molar-refractivity contribution in [2.24, 2.45) is 0 Å². The predicted molar refractivity (Wildman–Crippen MR) is 95.2 cm³/mol. The maximum Gasteiger partial charge on any atom is 0.332 e. The molecule has 0 fully saturated rings. The van der Waals surface area contributed by atoms with Gasteiger partial charge in [0.05, 0.1) is 0 Å². The topological polar surface area (TPSA) is 55.4 Å². The third-order valence-corrected chi connectivity index (χ3v) is 4.01. The quantitative estimate of drug-likeness (QED) is 0.465. The molecule has 25 heavy (non-hydrogen) atoms. The minimum Gasteiger partial charge on any atom is -0.449 e. The third-order valence-electron chi connectivity index (χ3n) is 3.19. The highest BCUT2D eigenvalue weighted by molar-refractivity contribution is 8.02. The number of carbonyl (C=O) groups is 2. The first kappa shape index (κ1) is 18.7. The van der Waals surface area contributed by atoms with E-state index in [1.165, 1.54) is 36.9 Å². The highest BCUT2D eigenvalue weighted by Crippen LogP contribution is 2.17. The number of amides is 1. The molecule has 130 valence electrons. The second kappa shape index (κ2) is 9.64. The van der Waals surface area contributed by atoms with E-state index < -0.39 is 18.0 Å². The van der Waals surface area contributed by atoms with E-state index >= 15 is 0 Å². The van der Waals surface area contributed by atoms with Gasteiger partial charge in [-0.1, -0.05) is 42.1 Å². The first-order chi connectivity index (χ1) is 12.0. The Morgan fingerprint density at radius 1 is 1.16 bits per heavy atom. The number of benzene rings is 2. The van der Waals surface area contributed by atoms with E-state index in [-0.39, 0.29) is 12.4 Å². The molecular formula is C19H18FNO3S. The number of hydrogen-bond donors (Lipinski definition) is 1. The van der Waals surface area contributed by atoms with Gasteiger partial charge in [0.2, 0.25) is 0 Å². The average Bonchev–Trinajstić information content (AvgIpc) is 2.61. The molecule has 0 aliphatic carbocycles. The molecule has 2 aromatic carbocycles. The normalized spacial score (nSPS) is 11.9. The number of hydrogen-bond acceptors (Lipinski definition) is 4. The van der Waals surface area contributed by atoms with Crippen LogP contribution in [0.2, 0.25) is 0 Å². The van der Waals surface area contributed by atoms with Crippen molar-refractivity contribution in [3.05, 3.63) is 77.5 Å². The van der Waals surface area contributed by atoms with Gasteiger partial charge in [0, 0.05) is 17.5 Å². The van der Waals surface area contributed by atoms with Crippen molar-refractivity contribution >= 4 is 23.6 Å². The Morgan fingerprint density at radius 3 is 2.52 bits per heavy atom. The highest BCUT2D eigenvalue weighted by Gasteiger charge is 2.16. The first-order valence-corrected chi connectivity index (χ1v) is 8.53. The number of esters is 1. The molecule has 2 aromatic rings. The average molecular weight is 359 g/mol. The van der Waals surface area contributed by atoms with Crippen LogP contribution in [0.4, 0.5) is 4.39 Å². The van der Waals surface area contributed by atoms with Crippen LogP contribution in [0.3, 0.4) is 0 Å². The van der Waals surface area contributed by atoms with Gasteiger partial charge < -0.3 is 10.1 Å². The zero-order valence-electron chi connectivity index (χ0n) is 13.6. The SMILES string of the molecule is C[C@H](OC(=O)/C=C/Sc1ccccc1)C(=O)NCc1ccc(F)cc1. The van der Waals surface area contributed by atoms with Crippen molar-refractivity contribution < 1.29 is 18.7 Å². The molecule has 1 N–H and O–H groups in total. The van der Waals surface area contributed by atoms with Crippen molar-refractivity contribution in [1.82, 2.24) is 5.32 Å². The molecule has 0 spiro atoms. The zero-order chi connectivity index (χ0) is 18.1. The van der Waals surface area contributed by atoms with E-state index in [0.717, 1.165) is 10.5 Å². The van der Waals surface area contributed by atoms with Crippen LogP contribution in [-0.4, -0.2) is 18.0 Å². The largest absolute Gasteiger partial charge is 0.449 e. The summed E-state index contributed by atoms with van der Waals surface area (Å²) >= 11 is 1.38. The van der Waals surface area contributed by atoms with E-state index in [2.05, 4.69) is 5.32 Å². The number of halogens is 1. The summed E-state index contributed by atoms with van der Waals surface area (Å²) < 4.78 is 17.9. The van der Waals surface area contributed by atoms with Gasteiger partial charge in [-0.3, -0.25) is 4.79 Å². The Morgan fingerprint density at radius 2 is 1.84 bits per heavy atom. The Balaban J connectivity index is 1.73. The van der Waals surface area contributed by atoms with Crippen LogP contribution in [0.5, 0.6) is 0 Å². The fourth-order valence-corrected chi connectivity index (χ4v) is 2.52. The van der Waals surface area contributed by atoms with Crippen molar-refractivity contribution in [3.8, 4) is 0 Å². The van der Waals surface area contributed by atoms with Crippen molar-refractivity contribution in [1.29, 1.82) is 0 Å². The summed E-state index contributed by atoms with van der Waals surface area (Å²) in [5.41, 5.74) is 0.757. The summed E-state index contributed by atoms with van der Waals surface area (Å²) in [5.74, 6) is -1.34. The Bertz CT molecular complexity index is 732. The molecule has 0 unspecified atom stereocenters. The molecule has 0 heterocycles. The van der Waals surface area contributed by atoms with Gasteiger partial charge in [0.25, 0.3) is 5.91 Å². The molecule has 0 bridgehead atoms. The Hall–Kier alpha value is -2.60. The lowest BCUT2D eigenvalue weighted by Crippen LogP contribution is -2.35. The van der Waals surface area contributed by atoms with Crippen molar-refractivity contribution in [3.63, 3.8) is 0 Å². The molecule has 2 rings (SSSR count). The number of thioether (sulfide) groups is 1. The van der Waals surface area contributed by atoms with Gasteiger partial charge in [-0.25, -0.2) is 9.18 Å². The van der Waals surface area contributed by atoms with Gasteiger partial charge in [-0.05, 0) is 42.2 Å². The zero-order valence-corrected chi connectivity index (χ0v) is 14.5. The fourth-order valence-electron chi connectivity index (χ4n) is 1.87. The molecule has 0 aliphatic rings. The van der Waals surface area contributed by atoms with E-state index in [1.54, 1.807) is 17.5 Å². The predicted octanol–water partition coefficient (Wildman–Crippen LogP) is 3.68. The third kappa shape index (κ3) is 6.81. The first-order valence-electron chi connectivity index (χ1n) is 7.65. The molecular weight excluding hydrogens is 341 g/mol. The van der Waals surface area contributed by atoms with Gasteiger partial charge in [-0.2, -0.15) is 0 Å². The van der Waals surface area contributed by atoms with Crippen LogP contribution in [0, 0.1) is 5.82 Å². The maximum absolute atomic E-state index is 12.8. The lowest BCUT2D eigenvalue weighted by Gasteiger charge is -2.12. The van der Waals surface area contributed by atoms with Gasteiger partial charge in [-0.15, -0.1) is 0 Å². The van der Waals surface area contributed by atoms with Crippen LogP contribution in [0.1, 0.15) is 12.5 Å². The minimum atomic E-state index is -0.917. The monoisotopic (exact) mass is 359 g/mol. The Kier molecular flexibility index (Phi) is 7.22.